The first-order chi connectivity index (χ1) is 5.20. The van der Waals surface area contributed by atoms with E-state index >= 15 is 0 Å². The van der Waals surface area contributed by atoms with Crippen molar-refractivity contribution >= 4 is 11.8 Å². The van der Waals surface area contributed by atoms with Crippen LogP contribution in [0.3, 0.4) is 0 Å². The van der Waals surface area contributed by atoms with Gasteiger partial charge in [0.15, 0.2) is 0 Å². The van der Waals surface area contributed by atoms with Crippen LogP contribution in [0.5, 0.6) is 0 Å². The van der Waals surface area contributed by atoms with Gasteiger partial charge >= 0.3 is 0 Å². The first-order valence-electron chi connectivity index (χ1n) is 2.84. The van der Waals surface area contributed by atoms with Crippen LogP contribution in [0.2, 0.25) is 0 Å². The Morgan fingerprint density at radius 3 is 1.73 bits per heavy atom. The summed E-state index contributed by atoms with van der Waals surface area (Å²) in [6, 6.07) is -1.49. The molecule has 1 rings (SSSR count). The molecular weight excluding hydrogens is 154 g/mol. The van der Waals surface area contributed by atoms with Gasteiger partial charge in [0.2, 0.25) is 0 Å². The molecule has 0 aliphatic carbocycles. The van der Waals surface area contributed by atoms with Gasteiger partial charge in [-0.3, -0.25) is 25.3 Å². The summed E-state index contributed by atoms with van der Waals surface area (Å²) in [5, 5.41) is 18.6. The molecule has 1 saturated heterocycles. The van der Waals surface area contributed by atoms with Gasteiger partial charge in [0.1, 0.15) is 12.1 Å². The average molecular weight is 161 g/mol. The third-order valence-electron chi connectivity index (χ3n) is 1.37. The van der Waals surface area contributed by atoms with Crippen molar-refractivity contribution in [3.8, 4) is 0 Å². The lowest BCUT2D eigenvalue weighted by Crippen LogP contribution is -2.31. The second-order valence-corrected chi connectivity index (χ2v) is 2.07. The molecule has 0 spiro atoms. The lowest BCUT2D eigenvalue weighted by molar-refractivity contribution is -0.132. The fourth-order valence-corrected chi connectivity index (χ4v) is 0.731. The molecule has 0 radical (unpaired) electrons. The van der Waals surface area contributed by atoms with Gasteiger partial charge in [-0.15, -0.1) is 0 Å². The Labute approximate surface area is 61.3 Å². The van der Waals surface area contributed by atoms with Crippen molar-refractivity contribution < 1.29 is 20.0 Å². The van der Waals surface area contributed by atoms with E-state index in [-0.39, 0.29) is 0 Å². The lowest BCUT2D eigenvalue weighted by atomic mass is 10.3. The highest BCUT2D eigenvalue weighted by Crippen LogP contribution is 2.09. The molecule has 5 N–H and O–H groups in total. The monoisotopic (exact) mass is 161 g/mol. The SMILES string of the molecule is O=C(NO)[C@H]1N[C@@H]1C(=O)NO. The summed E-state index contributed by atoms with van der Waals surface area (Å²) in [7, 11) is 0. The number of rotatable bonds is 2. The quantitative estimate of drug-likeness (QED) is 0.172. The minimum Gasteiger partial charge on any atom is -0.291 e. The summed E-state index contributed by atoms with van der Waals surface area (Å²) in [6.07, 6.45) is 0. The molecule has 0 saturated carbocycles. The highest BCUT2D eigenvalue weighted by atomic mass is 16.5. The third-order valence-corrected chi connectivity index (χ3v) is 1.37. The number of carbonyl (C=O) groups excluding carboxylic acids is 2. The Morgan fingerprint density at radius 1 is 1.09 bits per heavy atom. The van der Waals surface area contributed by atoms with E-state index in [1.165, 1.54) is 11.0 Å². The number of hydroxylamine groups is 2. The summed E-state index contributed by atoms with van der Waals surface area (Å²) in [5.41, 5.74) is 2.75. The normalized spacial score (nSPS) is 27.5. The molecule has 0 aromatic rings. The van der Waals surface area contributed by atoms with E-state index < -0.39 is 23.9 Å². The molecule has 0 aromatic carbocycles. The second-order valence-electron chi connectivity index (χ2n) is 2.07. The fraction of sp³-hybridized carbons (Fsp3) is 0.500. The fourth-order valence-electron chi connectivity index (χ4n) is 0.731. The minimum atomic E-state index is -0.743. The largest absolute Gasteiger partial charge is 0.291 e. The molecule has 0 bridgehead atoms. The van der Waals surface area contributed by atoms with Crippen LogP contribution in [0, 0.1) is 0 Å². The Hall–Kier alpha value is -1.18. The third kappa shape index (κ3) is 1.45. The summed E-state index contributed by atoms with van der Waals surface area (Å²) >= 11 is 0. The van der Waals surface area contributed by atoms with Crippen molar-refractivity contribution in [1.82, 2.24) is 16.3 Å². The van der Waals surface area contributed by atoms with Crippen molar-refractivity contribution in [2.45, 2.75) is 12.1 Å². The van der Waals surface area contributed by atoms with Crippen molar-refractivity contribution in [3.05, 3.63) is 0 Å². The zero-order chi connectivity index (χ0) is 8.43. The van der Waals surface area contributed by atoms with Crippen molar-refractivity contribution in [3.63, 3.8) is 0 Å². The van der Waals surface area contributed by atoms with Crippen LogP contribution < -0.4 is 16.3 Å². The Balaban J connectivity index is 2.37. The van der Waals surface area contributed by atoms with E-state index in [2.05, 4.69) is 5.32 Å². The van der Waals surface area contributed by atoms with Gasteiger partial charge in [0, 0.05) is 0 Å². The van der Waals surface area contributed by atoms with Gasteiger partial charge in [0.25, 0.3) is 11.8 Å². The molecule has 7 nitrogen and oxygen atoms in total. The molecule has 2 atom stereocenters. The highest BCUT2D eigenvalue weighted by molar-refractivity contribution is 5.96. The smallest absolute Gasteiger partial charge is 0.262 e. The molecule has 1 heterocycles. The van der Waals surface area contributed by atoms with Crippen molar-refractivity contribution in [2.24, 2.45) is 0 Å². The van der Waals surface area contributed by atoms with E-state index in [1.807, 2.05) is 0 Å². The maximum atomic E-state index is 10.5. The first-order valence-corrected chi connectivity index (χ1v) is 2.84. The van der Waals surface area contributed by atoms with Gasteiger partial charge in [-0.2, -0.15) is 0 Å². The maximum absolute atomic E-state index is 10.5. The van der Waals surface area contributed by atoms with Gasteiger partial charge < -0.3 is 0 Å². The van der Waals surface area contributed by atoms with Crippen LogP contribution >= 0.6 is 0 Å². The summed E-state index contributed by atoms with van der Waals surface area (Å²) in [4.78, 5) is 21.0. The van der Waals surface area contributed by atoms with Crippen LogP contribution in [0.1, 0.15) is 0 Å². The van der Waals surface area contributed by atoms with Gasteiger partial charge in [-0.05, 0) is 0 Å². The van der Waals surface area contributed by atoms with E-state index in [0.717, 1.165) is 0 Å². The molecule has 0 aromatic heterocycles. The Morgan fingerprint density at radius 2 is 1.45 bits per heavy atom. The number of hydrogen-bond donors (Lipinski definition) is 5. The Kier molecular flexibility index (Phi) is 2.03. The molecule has 2 amide bonds. The van der Waals surface area contributed by atoms with Crippen LogP contribution in [0.25, 0.3) is 0 Å². The molecule has 62 valence electrons. The predicted octanol–water partition coefficient (Wildman–Crippen LogP) is -2.66. The van der Waals surface area contributed by atoms with Crippen LogP contribution in [0.15, 0.2) is 0 Å². The zero-order valence-corrected chi connectivity index (χ0v) is 5.37. The van der Waals surface area contributed by atoms with E-state index in [1.54, 1.807) is 0 Å². The van der Waals surface area contributed by atoms with Crippen LogP contribution in [-0.4, -0.2) is 34.3 Å². The van der Waals surface area contributed by atoms with E-state index in [0.29, 0.717) is 0 Å². The number of carbonyl (C=O) groups is 2. The first kappa shape index (κ1) is 7.92. The summed E-state index contributed by atoms with van der Waals surface area (Å²) < 4.78 is 0. The average Bonchev–Trinajstić information content (AvgIpc) is 2.80. The van der Waals surface area contributed by atoms with Crippen LogP contribution in [0.4, 0.5) is 0 Å². The topological polar surface area (TPSA) is 121 Å². The molecule has 1 aliphatic rings. The number of hydrogen-bond acceptors (Lipinski definition) is 5. The van der Waals surface area contributed by atoms with E-state index in [4.69, 9.17) is 10.4 Å². The van der Waals surface area contributed by atoms with Gasteiger partial charge in [-0.25, -0.2) is 11.0 Å². The van der Waals surface area contributed by atoms with Crippen molar-refractivity contribution in [1.29, 1.82) is 0 Å². The lowest BCUT2D eigenvalue weighted by Gasteiger charge is -1.93. The predicted molar refractivity (Wildman–Crippen MR) is 30.6 cm³/mol. The van der Waals surface area contributed by atoms with Crippen molar-refractivity contribution in [2.75, 3.05) is 0 Å². The number of nitrogens with one attached hydrogen (secondary N) is 3. The molecule has 1 aliphatic heterocycles. The standard InChI is InChI=1S/C4H7N3O4/c8-3(6-10)1-2(5-1)4(9)7-11/h1-2,5,10-11H,(H,6,8)(H,7,9)/t1-,2-/m0/s1. The molecule has 0 unspecified atom stereocenters. The molecule has 7 heteroatoms. The molecule has 1 fully saturated rings. The maximum Gasteiger partial charge on any atom is 0.262 e. The van der Waals surface area contributed by atoms with E-state index in [9.17, 15) is 9.59 Å². The summed E-state index contributed by atoms with van der Waals surface area (Å²) in [5.74, 6) is -1.39. The summed E-state index contributed by atoms with van der Waals surface area (Å²) in [6.45, 7) is 0. The minimum absolute atomic E-state index is 0.696. The Bertz CT molecular complexity index is 174. The molecular formula is C4H7N3O4. The van der Waals surface area contributed by atoms with Gasteiger partial charge in [0.05, 0.1) is 0 Å². The second kappa shape index (κ2) is 2.82. The highest BCUT2D eigenvalue weighted by Gasteiger charge is 2.47. The molecule has 11 heavy (non-hydrogen) atoms. The van der Waals surface area contributed by atoms with Gasteiger partial charge in [-0.1, -0.05) is 0 Å². The van der Waals surface area contributed by atoms with Crippen LogP contribution in [-0.2, 0) is 9.59 Å². The zero-order valence-electron chi connectivity index (χ0n) is 5.37. The number of amides is 2.